The first-order valence-corrected chi connectivity index (χ1v) is 6.90. The minimum Gasteiger partial charge on any atom is -0.316 e. The van der Waals surface area contributed by atoms with E-state index in [2.05, 4.69) is 10.2 Å². The summed E-state index contributed by atoms with van der Waals surface area (Å²) in [5.41, 5.74) is 1.99. The number of aryl methyl sites for hydroxylation is 1. The van der Waals surface area contributed by atoms with Crippen LogP contribution in [-0.4, -0.2) is 31.1 Å². The number of halogens is 1. The second-order valence-corrected chi connectivity index (χ2v) is 5.79. The lowest BCUT2D eigenvalue weighted by atomic mass is 9.88. The molecule has 18 heavy (non-hydrogen) atoms. The molecule has 2 saturated heterocycles. The maximum Gasteiger partial charge on any atom is 0.126 e. The lowest BCUT2D eigenvalue weighted by Gasteiger charge is -2.34. The number of hydrogen-bond acceptors (Lipinski definition) is 2. The number of nitrogens with one attached hydrogen (secondary N) is 1. The van der Waals surface area contributed by atoms with Crippen LogP contribution in [0.25, 0.3) is 0 Å². The molecule has 98 valence electrons. The van der Waals surface area contributed by atoms with Crippen LogP contribution < -0.4 is 5.32 Å². The number of fused-ring (bicyclic) bond motifs is 1. The van der Waals surface area contributed by atoms with Crippen LogP contribution in [0.4, 0.5) is 4.39 Å². The molecule has 3 rings (SSSR count). The minimum atomic E-state index is -0.0996. The van der Waals surface area contributed by atoms with Gasteiger partial charge in [0.1, 0.15) is 5.82 Å². The van der Waals surface area contributed by atoms with Gasteiger partial charge in [-0.1, -0.05) is 12.1 Å². The molecule has 0 spiro atoms. The summed E-state index contributed by atoms with van der Waals surface area (Å²) >= 11 is 0. The zero-order chi connectivity index (χ0) is 12.5. The van der Waals surface area contributed by atoms with Crippen LogP contribution in [0, 0.1) is 24.6 Å². The van der Waals surface area contributed by atoms with Crippen molar-refractivity contribution < 1.29 is 4.39 Å². The molecule has 2 aliphatic heterocycles. The minimum absolute atomic E-state index is 0.0996. The van der Waals surface area contributed by atoms with Gasteiger partial charge in [-0.05, 0) is 62.0 Å². The first-order chi connectivity index (χ1) is 8.72. The summed E-state index contributed by atoms with van der Waals surface area (Å²) in [7, 11) is 0. The Morgan fingerprint density at radius 1 is 1.33 bits per heavy atom. The SMILES string of the molecule is Cc1cc(CN2CCC3CNCC3C2)ccc1F. The normalized spacial score (nSPS) is 28.3. The lowest BCUT2D eigenvalue weighted by molar-refractivity contribution is 0.142. The molecule has 0 amide bonds. The van der Waals surface area contributed by atoms with Gasteiger partial charge in [-0.2, -0.15) is 0 Å². The highest BCUT2D eigenvalue weighted by molar-refractivity contribution is 5.23. The van der Waals surface area contributed by atoms with Crippen LogP contribution in [0.5, 0.6) is 0 Å². The van der Waals surface area contributed by atoms with E-state index in [1.807, 2.05) is 19.1 Å². The molecule has 2 heterocycles. The Bertz CT molecular complexity index is 433. The van der Waals surface area contributed by atoms with E-state index in [1.165, 1.54) is 38.2 Å². The van der Waals surface area contributed by atoms with Crippen molar-refractivity contribution in [3.63, 3.8) is 0 Å². The van der Waals surface area contributed by atoms with E-state index in [9.17, 15) is 4.39 Å². The molecule has 0 radical (unpaired) electrons. The Balaban J connectivity index is 1.64. The topological polar surface area (TPSA) is 15.3 Å². The lowest BCUT2D eigenvalue weighted by Crippen LogP contribution is -2.39. The van der Waals surface area contributed by atoms with Crippen LogP contribution in [0.2, 0.25) is 0 Å². The number of nitrogens with zero attached hydrogens (tertiary/aromatic N) is 1. The third-order valence-corrected chi connectivity index (χ3v) is 4.42. The smallest absolute Gasteiger partial charge is 0.126 e. The fourth-order valence-electron chi connectivity index (χ4n) is 3.32. The number of benzene rings is 1. The van der Waals surface area contributed by atoms with Gasteiger partial charge in [0.25, 0.3) is 0 Å². The Labute approximate surface area is 108 Å². The Hall–Kier alpha value is -0.930. The molecule has 0 saturated carbocycles. The van der Waals surface area contributed by atoms with Crippen LogP contribution in [0.15, 0.2) is 18.2 Å². The highest BCUT2D eigenvalue weighted by Crippen LogP contribution is 2.27. The van der Waals surface area contributed by atoms with Crippen molar-refractivity contribution in [2.45, 2.75) is 19.9 Å². The van der Waals surface area contributed by atoms with Crippen LogP contribution >= 0.6 is 0 Å². The zero-order valence-corrected chi connectivity index (χ0v) is 11.0. The molecule has 0 aliphatic carbocycles. The average Bonchev–Trinajstić information content (AvgIpc) is 2.81. The number of likely N-dealkylation sites (tertiary alicyclic amines) is 1. The van der Waals surface area contributed by atoms with Crippen molar-refractivity contribution in [3.05, 3.63) is 35.1 Å². The molecule has 2 atom stereocenters. The molecule has 3 heteroatoms. The van der Waals surface area contributed by atoms with Gasteiger partial charge < -0.3 is 5.32 Å². The molecular formula is C15H21FN2. The molecular weight excluding hydrogens is 227 g/mol. The van der Waals surface area contributed by atoms with E-state index in [-0.39, 0.29) is 5.82 Å². The second kappa shape index (κ2) is 4.98. The molecule has 2 fully saturated rings. The molecule has 2 unspecified atom stereocenters. The monoisotopic (exact) mass is 248 g/mol. The zero-order valence-electron chi connectivity index (χ0n) is 11.0. The van der Waals surface area contributed by atoms with Gasteiger partial charge >= 0.3 is 0 Å². The van der Waals surface area contributed by atoms with Gasteiger partial charge in [-0.15, -0.1) is 0 Å². The predicted molar refractivity (Wildman–Crippen MR) is 70.9 cm³/mol. The summed E-state index contributed by atoms with van der Waals surface area (Å²) in [5.74, 6) is 1.61. The molecule has 2 nitrogen and oxygen atoms in total. The summed E-state index contributed by atoms with van der Waals surface area (Å²) in [6.45, 7) is 7.54. The molecule has 0 aromatic heterocycles. The second-order valence-electron chi connectivity index (χ2n) is 5.79. The van der Waals surface area contributed by atoms with Crippen molar-refractivity contribution in [2.75, 3.05) is 26.2 Å². The van der Waals surface area contributed by atoms with Crippen molar-refractivity contribution >= 4 is 0 Å². The molecule has 0 bridgehead atoms. The summed E-state index contributed by atoms with van der Waals surface area (Å²) in [6, 6.07) is 5.49. The Kier molecular flexibility index (Phi) is 3.35. The summed E-state index contributed by atoms with van der Waals surface area (Å²) < 4.78 is 13.2. The first-order valence-electron chi connectivity index (χ1n) is 6.90. The van der Waals surface area contributed by atoms with Gasteiger partial charge in [0.05, 0.1) is 0 Å². The fraction of sp³-hybridized carbons (Fsp3) is 0.600. The van der Waals surface area contributed by atoms with Gasteiger partial charge in [-0.3, -0.25) is 4.90 Å². The van der Waals surface area contributed by atoms with Crippen LogP contribution in [-0.2, 0) is 6.54 Å². The van der Waals surface area contributed by atoms with Crippen molar-refractivity contribution in [3.8, 4) is 0 Å². The standard InChI is InChI=1S/C15H21FN2/c1-11-6-12(2-3-15(11)16)9-18-5-4-13-7-17-8-14(13)10-18/h2-3,6,13-14,17H,4-5,7-10H2,1H3. The quantitative estimate of drug-likeness (QED) is 0.863. The van der Waals surface area contributed by atoms with Crippen molar-refractivity contribution in [1.82, 2.24) is 10.2 Å². The van der Waals surface area contributed by atoms with Gasteiger partial charge in [-0.25, -0.2) is 4.39 Å². The van der Waals surface area contributed by atoms with Crippen molar-refractivity contribution in [1.29, 1.82) is 0 Å². The van der Waals surface area contributed by atoms with E-state index in [0.29, 0.717) is 0 Å². The van der Waals surface area contributed by atoms with Crippen LogP contribution in [0.1, 0.15) is 17.5 Å². The first kappa shape index (κ1) is 12.1. The summed E-state index contributed by atoms with van der Waals surface area (Å²) in [5, 5.41) is 3.49. The maximum atomic E-state index is 13.2. The molecule has 1 aromatic rings. The summed E-state index contributed by atoms with van der Waals surface area (Å²) in [4.78, 5) is 2.51. The fourth-order valence-corrected chi connectivity index (χ4v) is 3.32. The van der Waals surface area contributed by atoms with Crippen LogP contribution in [0.3, 0.4) is 0 Å². The number of hydrogen-bond donors (Lipinski definition) is 1. The number of rotatable bonds is 2. The third-order valence-electron chi connectivity index (χ3n) is 4.42. The summed E-state index contributed by atoms with van der Waals surface area (Å²) in [6.07, 6.45) is 1.30. The Morgan fingerprint density at radius 3 is 3.00 bits per heavy atom. The number of piperidine rings is 1. The van der Waals surface area contributed by atoms with E-state index < -0.39 is 0 Å². The molecule has 1 aromatic carbocycles. The highest BCUT2D eigenvalue weighted by atomic mass is 19.1. The highest BCUT2D eigenvalue weighted by Gasteiger charge is 2.32. The molecule has 1 N–H and O–H groups in total. The largest absolute Gasteiger partial charge is 0.316 e. The van der Waals surface area contributed by atoms with E-state index in [4.69, 9.17) is 0 Å². The predicted octanol–water partition coefficient (Wildman–Crippen LogP) is 2.18. The van der Waals surface area contributed by atoms with Gasteiger partial charge in [0.2, 0.25) is 0 Å². The Morgan fingerprint density at radius 2 is 2.17 bits per heavy atom. The van der Waals surface area contributed by atoms with E-state index in [0.717, 1.165) is 23.9 Å². The van der Waals surface area contributed by atoms with E-state index in [1.54, 1.807) is 6.07 Å². The van der Waals surface area contributed by atoms with Crippen molar-refractivity contribution in [2.24, 2.45) is 11.8 Å². The average molecular weight is 248 g/mol. The maximum absolute atomic E-state index is 13.2. The van der Waals surface area contributed by atoms with Gasteiger partial charge in [0.15, 0.2) is 0 Å². The van der Waals surface area contributed by atoms with Gasteiger partial charge in [0, 0.05) is 13.1 Å². The third kappa shape index (κ3) is 2.43. The molecule has 2 aliphatic rings. The van der Waals surface area contributed by atoms with E-state index >= 15 is 0 Å².